The van der Waals surface area contributed by atoms with E-state index in [1.807, 2.05) is 0 Å². The molecule has 0 radical (unpaired) electrons. The first-order valence-electron chi connectivity index (χ1n) is 4.02. The van der Waals surface area contributed by atoms with E-state index in [0.717, 1.165) is 0 Å². The average Bonchev–Trinajstić information content (AvgIpc) is 2.51. The summed E-state index contributed by atoms with van der Waals surface area (Å²) in [6, 6.07) is 5.13. The van der Waals surface area contributed by atoms with Gasteiger partial charge in [-0.25, -0.2) is 0 Å². The molecule has 2 N–H and O–H groups in total. The molecule has 2 aromatic rings. The second kappa shape index (κ2) is 3.31. The molecule has 0 fully saturated rings. The van der Waals surface area contributed by atoms with Crippen molar-refractivity contribution < 1.29 is 4.42 Å². The number of hydrogen-bond acceptors (Lipinski definition) is 4. The van der Waals surface area contributed by atoms with Crippen LogP contribution in [-0.4, -0.2) is 10.2 Å². The van der Waals surface area contributed by atoms with Crippen molar-refractivity contribution in [3.8, 4) is 11.5 Å². The fourth-order valence-corrected chi connectivity index (χ4v) is 1.31. The van der Waals surface area contributed by atoms with Crippen LogP contribution in [-0.2, 0) is 0 Å². The highest BCUT2D eigenvalue weighted by atomic mass is 35.5. The molecule has 2 rings (SSSR count). The second-order valence-corrected chi connectivity index (χ2v) is 3.29. The van der Waals surface area contributed by atoms with Crippen LogP contribution in [0.15, 0.2) is 22.6 Å². The Morgan fingerprint density at radius 1 is 1.36 bits per heavy atom. The minimum absolute atomic E-state index is 0.414. The van der Waals surface area contributed by atoms with Gasteiger partial charge in [0.15, 0.2) is 0 Å². The fraction of sp³-hybridized carbons (Fsp3) is 0.111. The van der Waals surface area contributed by atoms with Crippen LogP contribution in [0.2, 0.25) is 5.02 Å². The molecule has 0 saturated carbocycles. The summed E-state index contributed by atoms with van der Waals surface area (Å²) in [6.45, 7) is 1.72. The zero-order chi connectivity index (χ0) is 10.1. The van der Waals surface area contributed by atoms with Crippen LogP contribution in [0.4, 0.5) is 5.69 Å². The molecule has 1 heterocycles. The lowest BCUT2D eigenvalue weighted by molar-refractivity contribution is 0.533. The van der Waals surface area contributed by atoms with E-state index in [4.69, 9.17) is 21.8 Å². The Hall–Kier alpha value is -1.55. The molecule has 0 amide bonds. The Labute approximate surface area is 85.7 Å². The summed E-state index contributed by atoms with van der Waals surface area (Å²) in [7, 11) is 0. The van der Waals surface area contributed by atoms with Gasteiger partial charge in [-0.1, -0.05) is 11.6 Å². The van der Waals surface area contributed by atoms with E-state index in [9.17, 15) is 0 Å². The van der Waals surface area contributed by atoms with Crippen LogP contribution in [0.3, 0.4) is 0 Å². The number of aryl methyl sites for hydroxylation is 1. The third-order valence-corrected chi connectivity index (χ3v) is 2.01. The van der Waals surface area contributed by atoms with Gasteiger partial charge in [0.05, 0.1) is 5.56 Å². The standard InChI is InChI=1S/C9H8ClN3O/c1-5-12-13-9(14-5)7-3-2-6(10)4-8(7)11/h2-4H,11H2,1H3. The predicted octanol–water partition coefficient (Wildman–Crippen LogP) is 2.28. The number of nitrogen functional groups attached to an aromatic ring is 1. The van der Waals surface area contributed by atoms with Crippen molar-refractivity contribution in [1.29, 1.82) is 0 Å². The molecule has 0 spiro atoms. The molecule has 5 heteroatoms. The number of halogens is 1. The van der Waals surface area contributed by atoms with Crippen LogP contribution in [0, 0.1) is 6.92 Å². The number of anilines is 1. The molecule has 0 aliphatic heterocycles. The van der Waals surface area contributed by atoms with E-state index in [0.29, 0.717) is 28.1 Å². The van der Waals surface area contributed by atoms with E-state index in [1.54, 1.807) is 25.1 Å². The molecule has 0 saturated heterocycles. The summed E-state index contributed by atoms with van der Waals surface area (Å²) in [5.74, 6) is 0.922. The van der Waals surface area contributed by atoms with E-state index < -0.39 is 0 Å². The van der Waals surface area contributed by atoms with Crippen LogP contribution >= 0.6 is 11.6 Å². The number of benzene rings is 1. The van der Waals surface area contributed by atoms with Gasteiger partial charge in [-0.05, 0) is 18.2 Å². The lowest BCUT2D eigenvalue weighted by atomic mass is 10.2. The second-order valence-electron chi connectivity index (χ2n) is 2.86. The molecule has 0 aliphatic rings. The Bertz CT molecular complexity index is 467. The summed E-state index contributed by atoms with van der Waals surface area (Å²) < 4.78 is 5.24. The number of rotatable bonds is 1. The maximum absolute atomic E-state index is 5.76. The van der Waals surface area contributed by atoms with Crippen molar-refractivity contribution in [1.82, 2.24) is 10.2 Å². The number of nitrogens with zero attached hydrogens (tertiary/aromatic N) is 2. The monoisotopic (exact) mass is 209 g/mol. The van der Waals surface area contributed by atoms with E-state index in [-0.39, 0.29) is 0 Å². The maximum atomic E-state index is 5.76. The van der Waals surface area contributed by atoms with Crippen LogP contribution in [0.25, 0.3) is 11.5 Å². The first kappa shape index (κ1) is 9.02. The van der Waals surface area contributed by atoms with Gasteiger partial charge in [-0.2, -0.15) is 0 Å². The molecule has 72 valence electrons. The van der Waals surface area contributed by atoms with Crippen LogP contribution < -0.4 is 5.73 Å². The molecule has 0 atom stereocenters. The third kappa shape index (κ3) is 1.56. The Kier molecular flexibility index (Phi) is 2.13. The van der Waals surface area contributed by atoms with Crippen molar-refractivity contribution in [2.75, 3.05) is 5.73 Å². The predicted molar refractivity (Wildman–Crippen MR) is 53.9 cm³/mol. The van der Waals surface area contributed by atoms with Gasteiger partial charge < -0.3 is 10.2 Å². The van der Waals surface area contributed by atoms with Crippen molar-refractivity contribution in [2.45, 2.75) is 6.92 Å². The highest BCUT2D eigenvalue weighted by Gasteiger charge is 2.09. The third-order valence-electron chi connectivity index (χ3n) is 1.77. The van der Waals surface area contributed by atoms with Gasteiger partial charge in [0.2, 0.25) is 11.8 Å². The van der Waals surface area contributed by atoms with Gasteiger partial charge in [-0.3, -0.25) is 0 Å². The number of nitrogens with two attached hydrogens (primary N) is 1. The molecule has 14 heavy (non-hydrogen) atoms. The lowest BCUT2D eigenvalue weighted by Crippen LogP contribution is -1.89. The average molecular weight is 210 g/mol. The molecule has 0 aliphatic carbocycles. The lowest BCUT2D eigenvalue weighted by Gasteiger charge is -2.00. The SMILES string of the molecule is Cc1nnc(-c2ccc(Cl)cc2N)o1. The van der Waals surface area contributed by atoms with Crippen molar-refractivity contribution in [3.05, 3.63) is 29.1 Å². The van der Waals surface area contributed by atoms with Gasteiger partial charge in [-0.15, -0.1) is 10.2 Å². The highest BCUT2D eigenvalue weighted by Crippen LogP contribution is 2.26. The summed E-state index contributed by atoms with van der Waals surface area (Å²) in [5.41, 5.74) is 6.98. The summed E-state index contributed by atoms with van der Waals surface area (Å²) >= 11 is 5.76. The van der Waals surface area contributed by atoms with Crippen molar-refractivity contribution in [2.24, 2.45) is 0 Å². The minimum atomic E-state index is 0.414. The zero-order valence-electron chi connectivity index (χ0n) is 7.49. The Balaban J connectivity index is 2.52. The van der Waals surface area contributed by atoms with E-state index in [1.165, 1.54) is 0 Å². The normalized spacial score (nSPS) is 10.4. The van der Waals surface area contributed by atoms with Crippen LogP contribution in [0.5, 0.6) is 0 Å². The molecular formula is C9H8ClN3O. The van der Waals surface area contributed by atoms with Gasteiger partial charge >= 0.3 is 0 Å². The summed E-state index contributed by atoms with van der Waals surface area (Å²) in [5, 5.41) is 8.17. The summed E-state index contributed by atoms with van der Waals surface area (Å²) in [4.78, 5) is 0. The molecule has 1 aromatic heterocycles. The number of aromatic nitrogens is 2. The Morgan fingerprint density at radius 2 is 2.14 bits per heavy atom. The zero-order valence-corrected chi connectivity index (χ0v) is 8.25. The maximum Gasteiger partial charge on any atom is 0.249 e. The highest BCUT2D eigenvalue weighted by molar-refractivity contribution is 6.31. The first-order valence-corrected chi connectivity index (χ1v) is 4.40. The molecular weight excluding hydrogens is 202 g/mol. The van der Waals surface area contributed by atoms with E-state index >= 15 is 0 Å². The fourth-order valence-electron chi connectivity index (χ4n) is 1.13. The molecule has 4 nitrogen and oxygen atoms in total. The smallest absolute Gasteiger partial charge is 0.249 e. The van der Waals surface area contributed by atoms with Gasteiger partial charge in [0, 0.05) is 17.6 Å². The summed E-state index contributed by atoms with van der Waals surface area (Å²) in [6.07, 6.45) is 0. The minimum Gasteiger partial charge on any atom is -0.421 e. The quantitative estimate of drug-likeness (QED) is 0.732. The van der Waals surface area contributed by atoms with Crippen molar-refractivity contribution >= 4 is 17.3 Å². The molecule has 1 aromatic carbocycles. The Morgan fingerprint density at radius 3 is 2.71 bits per heavy atom. The van der Waals surface area contributed by atoms with Crippen LogP contribution in [0.1, 0.15) is 5.89 Å². The largest absolute Gasteiger partial charge is 0.421 e. The van der Waals surface area contributed by atoms with E-state index in [2.05, 4.69) is 10.2 Å². The van der Waals surface area contributed by atoms with Crippen molar-refractivity contribution in [3.63, 3.8) is 0 Å². The molecule has 0 bridgehead atoms. The molecule has 0 unspecified atom stereocenters. The van der Waals surface area contributed by atoms with Gasteiger partial charge in [0.25, 0.3) is 0 Å². The topological polar surface area (TPSA) is 64.9 Å². The van der Waals surface area contributed by atoms with Gasteiger partial charge in [0.1, 0.15) is 0 Å². The first-order chi connectivity index (χ1) is 6.66. The number of hydrogen-bond donors (Lipinski definition) is 1.